The molecule has 0 saturated heterocycles. The molecule has 0 spiro atoms. The van der Waals surface area contributed by atoms with Crippen LogP contribution < -0.4 is 10.5 Å². The van der Waals surface area contributed by atoms with Gasteiger partial charge in [-0.05, 0) is 19.4 Å². The zero-order valence-electron chi connectivity index (χ0n) is 8.25. The summed E-state index contributed by atoms with van der Waals surface area (Å²) in [5, 5.41) is 0. The van der Waals surface area contributed by atoms with Gasteiger partial charge in [0.05, 0.1) is 5.75 Å². The minimum absolute atomic E-state index is 0.148. The Morgan fingerprint density at radius 2 is 1.92 bits per heavy atom. The van der Waals surface area contributed by atoms with Crippen molar-refractivity contribution in [2.75, 3.05) is 18.8 Å². The molecule has 0 radical (unpaired) electrons. The monoisotopic (exact) mass is 208 g/mol. The minimum Gasteiger partial charge on any atom is -0.330 e. The van der Waals surface area contributed by atoms with E-state index in [0.717, 1.165) is 19.3 Å². The second-order valence-corrected chi connectivity index (χ2v) is 4.99. The summed E-state index contributed by atoms with van der Waals surface area (Å²) in [5.41, 5.74) is 5.22. The Balaban J connectivity index is 3.52. The molecule has 0 aliphatic rings. The quantitative estimate of drug-likeness (QED) is 0.569. The van der Waals surface area contributed by atoms with Gasteiger partial charge in [-0.25, -0.2) is 13.1 Å². The highest BCUT2D eigenvalue weighted by atomic mass is 32.2. The molecule has 0 heterocycles. The molecule has 4 nitrogen and oxygen atoms in total. The first-order chi connectivity index (χ1) is 6.12. The van der Waals surface area contributed by atoms with E-state index >= 15 is 0 Å². The molecule has 0 unspecified atom stereocenters. The molecule has 5 heteroatoms. The molecule has 80 valence electrons. The first-order valence-electron chi connectivity index (χ1n) is 4.80. The molecular weight excluding hydrogens is 188 g/mol. The van der Waals surface area contributed by atoms with Crippen LogP contribution in [-0.2, 0) is 10.0 Å². The average molecular weight is 208 g/mol. The van der Waals surface area contributed by atoms with Crippen LogP contribution in [0.4, 0.5) is 0 Å². The summed E-state index contributed by atoms with van der Waals surface area (Å²) < 4.78 is 24.9. The topological polar surface area (TPSA) is 72.2 Å². The molecule has 0 aromatic rings. The van der Waals surface area contributed by atoms with E-state index in [1.54, 1.807) is 0 Å². The zero-order chi connectivity index (χ0) is 10.2. The van der Waals surface area contributed by atoms with Crippen molar-refractivity contribution in [1.29, 1.82) is 0 Å². The van der Waals surface area contributed by atoms with Gasteiger partial charge in [-0.15, -0.1) is 0 Å². The van der Waals surface area contributed by atoms with Gasteiger partial charge in [0.1, 0.15) is 0 Å². The summed E-state index contributed by atoms with van der Waals surface area (Å²) in [6.07, 6.45) is 3.62. The van der Waals surface area contributed by atoms with Crippen molar-refractivity contribution < 1.29 is 8.42 Å². The van der Waals surface area contributed by atoms with Crippen molar-refractivity contribution in [3.63, 3.8) is 0 Å². The number of hydrogen-bond donors (Lipinski definition) is 2. The number of unbranched alkanes of at least 4 members (excludes halogenated alkanes) is 2. The van der Waals surface area contributed by atoms with E-state index < -0.39 is 10.0 Å². The Morgan fingerprint density at radius 1 is 1.23 bits per heavy atom. The molecule has 0 aromatic heterocycles. The van der Waals surface area contributed by atoms with Crippen LogP contribution in [0, 0.1) is 0 Å². The normalized spacial score (nSPS) is 11.8. The summed E-state index contributed by atoms with van der Waals surface area (Å²) in [5.74, 6) is 0.148. The Kier molecular flexibility index (Phi) is 7.22. The lowest BCUT2D eigenvalue weighted by atomic mass is 10.3. The molecule has 3 N–H and O–H groups in total. The summed E-state index contributed by atoms with van der Waals surface area (Å²) in [6, 6.07) is 0. The van der Waals surface area contributed by atoms with Crippen LogP contribution in [0.2, 0.25) is 0 Å². The van der Waals surface area contributed by atoms with Gasteiger partial charge >= 0.3 is 0 Å². The van der Waals surface area contributed by atoms with Crippen LogP contribution in [0.5, 0.6) is 0 Å². The SMILES string of the molecule is CCCCCNS(=O)(=O)CCCN. The largest absolute Gasteiger partial charge is 0.330 e. The van der Waals surface area contributed by atoms with Crippen LogP contribution in [0.1, 0.15) is 32.6 Å². The predicted molar refractivity (Wildman–Crippen MR) is 55.0 cm³/mol. The third-order valence-electron chi connectivity index (χ3n) is 1.72. The molecule has 0 aliphatic carbocycles. The Hall–Kier alpha value is -0.130. The average Bonchev–Trinajstić information content (AvgIpc) is 2.09. The van der Waals surface area contributed by atoms with Gasteiger partial charge in [0, 0.05) is 6.54 Å². The lowest BCUT2D eigenvalue weighted by Gasteiger charge is -2.04. The molecule has 0 amide bonds. The Morgan fingerprint density at radius 3 is 2.46 bits per heavy atom. The van der Waals surface area contributed by atoms with Crippen LogP contribution in [-0.4, -0.2) is 27.3 Å². The van der Waals surface area contributed by atoms with E-state index in [4.69, 9.17) is 5.73 Å². The Bertz CT molecular complexity index is 202. The van der Waals surface area contributed by atoms with Crippen molar-refractivity contribution in [1.82, 2.24) is 4.72 Å². The molecular formula is C8H20N2O2S. The fraction of sp³-hybridized carbons (Fsp3) is 1.00. The van der Waals surface area contributed by atoms with Gasteiger partial charge in [0.2, 0.25) is 10.0 Å². The highest BCUT2D eigenvalue weighted by Gasteiger charge is 2.07. The van der Waals surface area contributed by atoms with Gasteiger partial charge in [0.25, 0.3) is 0 Å². The molecule has 0 rings (SSSR count). The molecule has 0 fully saturated rings. The van der Waals surface area contributed by atoms with Crippen molar-refractivity contribution in [3.05, 3.63) is 0 Å². The van der Waals surface area contributed by atoms with Crippen LogP contribution in [0.15, 0.2) is 0 Å². The van der Waals surface area contributed by atoms with Crippen LogP contribution >= 0.6 is 0 Å². The number of nitrogens with two attached hydrogens (primary N) is 1. The van der Waals surface area contributed by atoms with Crippen molar-refractivity contribution in [2.45, 2.75) is 32.6 Å². The van der Waals surface area contributed by atoms with Crippen LogP contribution in [0.3, 0.4) is 0 Å². The third-order valence-corrected chi connectivity index (χ3v) is 3.19. The van der Waals surface area contributed by atoms with Crippen molar-refractivity contribution in [2.24, 2.45) is 5.73 Å². The van der Waals surface area contributed by atoms with Crippen LogP contribution in [0.25, 0.3) is 0 Å². The molecule has 0 aromatic carbocycles. The van der Waals surface area contributed by atoms with Gasteiger partial charge in [0.15, 0.2) is 0 Å². The van der Waals surface area contributed by atoms with E-state index in [1.165, 1.54) is 0 Å². The third kappa shape index (κ3) is 8.21. The summed E-state index contributed by atoms with van der Waals surface area (Å²) >= 11 is 0. The second-order valence-electron chi connectivity index (χ2n) is 3.06. The molecule has 0 atom stereocenters. The standard InChI is InChI=1S/C8H20N2O2S/c1-2-3-4-7-10-13(11,12)8-5-6-9/h10H,2-9H2,1H3. The van der Waals surface area contributed by atoms with Crippen molar-refractivity contribution >= 4 is 10.0 Å². The summed E-state index contributed by atoms with van der Waals surface area (Å²) in [4.78, 5) is 0. The Labute approximate surface area is 80.9 Å². The van der Waals surface area contributed by atoms with E-state index in [9.17, 15) is 8.42 Å². The number of hydrogen-bond acceptors (Lipinski definition) is 3. The predicted octanol–water partition coefficient (Wildman–Crippen LogP) is 0.445. The maximum absolute atomic E-state index is 11.2. The maximum Gasteiger partial charge on any atom is 0.211 e. The van der Waals surface area contributed by atoms with E-state index in [2.05, 4.69) is 11.6 Å². The molecule has 13 heavy (non-hydrogen) atoms. The highest BCUT2D eigenvalue weighted by molar-refractivity contribution is 7.89. The van der Waals surface area contributed by atoms with E-state index in [0.29, 0.717) is 19.5 Å². The minimum atomic E-state index is -3.05. The number of nitrogens with one attached hydrogen (secondary N) is 1. The van der Waals surface area contributed by atoms with Gasteiger partial charge in [-0.2, -0.15) is 0 Å². The number of rotatable bonds is 8. The molecule has 0 bridgehead atoms. The van der Waals surface area contributed by atoms with E-state index in [1.807, 2.05) is 0 Å². The fourth-order valence-corrected chi connectivity index (χ4v) is 2.09. The summed E-state index contributed by atoms with van der Waals surface area (Å²) in [7, 11) is -3.05. The lowest BCUT2D eigenvalue weighted by molar-refractivity contribution is 0.573. The van der Waals surface area contributed by atoms with Crippen molar-refractivity contribution in [3.8, 4) is 0 Å². The highest BCUT2D eigenvalue weighted by Crippen LogP contribution is 1.93. The second kappa shape index (κ2) is 7.29. The van der Waals surface area contributed by atoms with Gasteiger partial charge < -0.3 is 5.73 Å². The van der Waals surface area contributed by atoms with Gasteiger partial charge in [-0.3, -0.25) is 0 Å². The summed E-state index contributed by atoms with van der Waals surface area (Å²) in [6.45, 7) is 3.07. The lowest BCUT2D eigenvalue weighted by Crippen LogP contribution is -2.28. The first kappa shape index (κ1) is 12.9. The molecule has 0 aliphatic heterocycles. The number of sulfonamides is 1. The first-order valence-corrected chi connectivity index (χ1v) is 6.45. The maximum atomic E-state index is 11.2. The van der Waals surface area contributed by atoms with E-state index in [-0.39, 0.29) is 5.75 Å². The molecule has 0 saturated carbocycles. The smallest absolute Gasteiger partial charge is 0.211 e. The van der Waals surface area contributed by atoms with Gasteiger partial charge in [-0.1, -0.05) is 19.8 Å². The fourth-order valence-electron chi connectivity index (χ4n) is 0.948. The zero-order valence-corrected chi connectivity index (χ0v) is 9.07.